The summed E-state index contributed by atoms with van der Waals surface area (Å²) in [6.07, 6.45) is 1.84. The SMILES string of the molecule is Cn1cc(-c2ccc(Cl)cc2C(=O)O)c(C(C)(C)C)n1. The Morgan fingerprint density at radius 1 is 1.30 bits per heavy atom. The molecule has 0 aliphatic heterocycles. The number of aryl methyl sites for hydroxylation is 1. The fraction of sp³-hybridized carbons (Fsp3) is 0.333. The van der Waals surface area contributed by atoms with Gasteiger partial charge in [-0.3, -0.25) is 4.68 Å². The Hall–Kier alpha value is -1.81. The summed E-state index contributed by atoms with van der Waals surface area (Å²) in [5.74, 6) is -0.994. The molecule has 0 unspecified atom stereocenters. The first-order valence-corrected chi connectivity index (χ1v) is 6.65. The number of nitrogens with zero attached hydrogens (tertiary/aromatic N) is 2. The van der Waals surface area contributed by atoms with Crippen molar-refractivity contribution >= 4 is 17.6 Å². The second-order valence-electron chi connectivity index (χ2n) is 5.81. The molecule has 2 rings (SSSR count). The molecule has 106 valence electrons. The number of rotatable bonds is 2. The van der Waals surface area contributed by atoms with Gasteiger partial charge in [-0.25, -0.2) is 4.79 Å². The standard InChI is InChI=1S/C15H17ClN2O2/c1-15(2,3)13-12(8-18(4)17-13)10-6-5-9(16)7-11(10)14(19)20/h5-8H,1-4H3,(H,19,20). The molecule has 1 aromatic heterocycles. The summed E-state index contributed by atoms with van der Waals surface area (Å²) in [7, 11) is 1.83. The first-order chi connectivity index (χ1) is 9.20. The Balaban J connectivity index is 2.72. The van der Waals surface area contributed by atoms with Gasteiger partial charge in [-0.15, -0.1) is 0 Å². The molecule has 0 bridgehead atoms. The third-order valence-corrected chi connectivity index (χ3v) is 3.28. The van der Waals surface area contributed by atoms with Crippen molar-refractivity contribution < 1.29 is 9.90 Å². The summed E-state index contributed by atoms with van der Waals surface area (Å²) >= 11 is 5.90. The molecule has 0 saturated heterocycles. The molecule has 5 heteroatoms. The second-order valence-corrected chi connectivity index (χ2v) is 6.25. The smallest absolute Gasteiger partial charge is 0.336 e. The summed E-state index contributed by atoms with van der Waals surface area (Å²) in [5, 5.41) is 14.2. The van der Waals surface area contributed by atoms with Gasteiger partial charge in [0.1, 0.15) is 0 Å². The van der Waals surface area contributed by atoms with E-state index in [-0.39, 0.29) is 11.0 Å². The highest BCUT2D eigenvalue weighted by Gasteiger charge is 2.25. The normalized spacial score (nSPS) is 11.7. The van der Waals surface area contributed by atoms with Crippen molar-refractivity contribution in [2.75, 3.05) is 0 Å². The van der Waals surface area contributed by atoms with Crippen LogP contribution in [0.15, 0.2) is 24.4 Å². The van der Waals surface area contributed by atoms with E-state index in [0.29, 0.717) is 10.6 Å². The van der Waals surface area contributed by atoms with Crippen molar-refractivity contribution in [3.8, 4) is 11.1 Å². The van der Waals surface area contributed by atoms with Gasteiger partial charge in [0.05, 0.1) is 11.3 Å². The van der Waals surface area contributed by atoms with Gasteiger partial charge in [-0.1, -0.05) is 38.4 Å². The maximum Gasteiger partial charge on any atom is 0.336 e. The molecule has 0 atom stereocenters. The molecule has 1 aromatic carbocycles. The molecule has 0 spiro atoms. The summed E-state index contributed by atoms with van der Waals surface area (Å²) in [4.78, 5) is 11.4. The van der Waals surface area contributed by atoms with Crippen LogP contribution in [0.3, 0.4) is 0 Å². The number of benzene rings is 1. The maximum absolute atomic E-state index is 11.4. The van der Waals surface area contributed by atoms with E-state index in [2.05, 4.69) is 25.9 Å². The molecule has 1 heterocycles. The highest BCUT2D eigenvalue weighted by molar-refractivity contribution is 6.31. The fourth-order valence-corrected chi connectivity index (χ4v) is 2.34. The lowest BCUT2D eigenvalue weighted by Crippen LogP contribution is -2.14. The zero-order valence-electron chi connectivity index (χ0n) is 11.9. The number of aromatic carboxylic acids is 1. The number of carboxylic acid groups (broad SMARTS) is 1. The lowest BCUT2D eigenvalue weighted by Gasteiger charge is -2.18. The second kappa shape index (κ2) is 4.94. The summed E-state index contributed by atoms with van der Waals surface area (Å²) < 4.78 is 1.70. The number of hydrogen-bond acceptors (Lipinski definition) is 2. The third kappa shape index (κ3) is 2.70. The van der Waals surface area contributed by atoms with E-state index in [1.54, 1.807) is 16.8 Å². The van der Waals surface area contributed by atoms with Gasteiger partial charge in [0.25, 0.3) is 0 Å². The Bertz CT molecular complexity index is 669. The Morgan fingerprint density at radius 2 is 1.95 bits per heavy atom. The quantitative estimate of drug-likeness (QED) is 0.917. The van der Waals surface area contributed by atoms with Crippen LogP contribution in [-0.4, -0.2) is 20.9 Å². The third-order valence-electron chi connectivity index (χ3n) is 3.04. The average Bonchev–Trinajstić information content (AvgIpc) is 2.70. The van der Waals surface area contributed by atoms with Crippen LogP contribution >= 0.6 is 11.6 Å². The van der Waals surface area contributed by atoms with Gasteiger partial charge in [0.15, 0.2) is 0 Å². The molecule has 0 amide bonds. The Labute approximate surface area is 123 Å². The first kappa shape index (κ1) is 14.6. The predicted octanol–water partition coefficient (Wildman–Crippen LogP) is 3.74. The van der Waals surface area contributed by atoms with Crippen LogP contribution in [0.1, 0.15) is 36.8 Å². The average molecular weight is 293 g/mol. The van der Waals surface area contributed by atoms with E-state index in [1.165, 1.54) is 6.07 Å². The van der Waals surface area contributed by atoms with Gasteiger partial charge >= 0.3 is 5.97 Å². The van der Waals surface area contributed by atoms with Crippen molar-refractivity contribution in [2.45, 2.75) is 26.2 Å². The molecule has 20 heavy (non-hydrogen) atoms. The van der Waals surface area contributed by atoms with Crippen LogP contribution in [-0.2, 0) is 12.5 Å². The van der Waals surface area contributed by atoms with Crippen LogP contribution in [0.4, 0.5) is 0 Å². The minimum Gasteiger partial charge on any atom is -0.478 e. The molecule has 2 aromatic rings. The molecule has 0 aliphatic carbocycles. The van der Waals surface area contributed by atoms with E-state index in [0.717, 1.165) is 11.3 Å². The highest BCUT2D eigenvalue weighted by atomic mass is 35.5. The van der Waals surface area contributed by atoms with E-state index < -0.39 is 5.97 Å². The van der Waals surface area contributed by atoms with Crippen LogP contribution in [0, 0.1) is 0 Å². The lowest BCUT2D eigenvalue weighted by molar-refractivity contribution is 0.0697. The van der Waals surface area contributed by atoms with E-state index in [9.17, 15) is 9.90 Å². The van der Waals surface area contributed by atoms with Crippen LogP contribution in [0.5, 0.6) is 0 Å². The monoisotopic (exact) mass is 292 g/mol. The fourth-order valence-electron chi connectivity index (χ4n) is 2.17. The molecular weight excluding hydrogens is 276 g/mol. The number of aromatic nitrogens is 2. The van der Waals surface area contributed by atoms with Crippen molar-refractivity contribution in [1.29, 1.82) is 0 Å². The van der Waals surface area contributed by atoms with Crippen LogP contribution < -0.4 is 0 Å². The van der Waals surface area contributed by atoms with Crippen LogP contribution in [0.2, 0.25) is 5.02 Å². The molecule has 1 N–H and O–H groups in total. The van der Waals surface area contributed by atoms with Crippen molar-refractivity contribution in [1.82, 2.24) is 9.78 Å². The minimum absolute atomic E-state index is 0.175. The van der Waals surface area contributed by atoms with Crippen molar-refractivity contribution in [3.05, 3.63) is 40.7 Å². The van der Waals surface area contributed by atoms with Crippen molar-refractivity contribution in [2.24, 2.45) is 7.05 Å². The molecule has 0 saturated carbocycles. The first-order valence-electron chi connectivity index (χ1n) is 6.27. The minimum atomic E-state index is -0.994. The Kier molecular flexibility index (Phi) is 3.61. The van der Waals surface area contributed by atoms with Gasteiger partial charge in [0.2, 0.25) is 0 Å². The number of carboxylic acids is 1. The van der Waals surface area contributed by atoms with Gasteiger partial charge in [-0.2, -0.15) is 5.10 Å². The van der Waals surface area contributed by atoms with E-state index >= 15 is 0 Å². The lowest BCUT2D eigenvalue weighted by atomic mass is 9.86. The number of halogens is 1. The number of carbonyl (C=O) groups is 1. The molecule has 0 aliphatic rings. The molecular formula is C15H17ClN2O2. The molecule has 0 fully saturated rings. The van der Waals surface area contributed by atoms with Gasteiger partial charge < -0.3 is 5.11 Å². The summed E-state index contributed by atoms with van der Waals surface area (Å²) in [5.41, 5.74) is 2.35. The highest BCUT2D eigenvalue weighted by Crippen LogP contribution is 2.34. The van der Waals surface area contributed by atoms with E-state index in [4.69, 9.17) is 11.6 Å². The Morgan fingerprint density at radius 3 is 2.50 bits per heavy atom. The van der Waals surface area contributed by atoms with Gasteiger partial charge in [-0.05, 0) is 17.7 Å². The zero-order chi connectivity index (χ0) is 15.1. The zero-order valence-corrected chi connectivity index (χ0v) is 12.7. The molecule has 4 nitrogen and oxygen atoms in total. The summed E-state index contributed by atoms with van der Waals surface area (Å²) in [6, 6.07) is 4.90. The van der Waals surface area contributed by atoms with Crippen LogP contribution in [0.25, 0.3) is 11.1 Å². The predicted molar refractivity (Wildman–Crippen MR) is 79.3 cm³/mol. The largest absolute Gasteiger partial charge is 0.478 e. The maximum atomic E-state index is 11.4. The molecule has 0 radical (unpaired) electrons. The number of hydrogen-bond donors (Lipinski definition) is 1. The summed E-state index contributed by atoms with van der Waals surface area (Å²) in [6.45, 7) is 6.15. The van der Waals surface area contributed by atoms with E-state index in [1.807, 2.05) is 13.2 Å². The van der Waals surface area contributed by atoms with Crippen molar-refractivity contribution in [3.63, 3.8) is 0 Å². The van der Waals surface area contributed by atoms with Gasteiger partial charge in [0, 0.05) is 29.2 Å². The topological polar surface area (TPSA) is 55.1 Å².